The fourth-order valence-electron chi connectivity index (χ4n) is 3.17. The highest BCUT2D eigenvalue weighted by atomic mass is 16.3. The summed E-state index contributed by atoms with van der Waals surface area (Å²) in [5.41, 5.74) is 1.98. The first-order valence-electron chi connectivity index (χ1n) is 9.20. The van der Waals surface area contributed by atoms with Crippen LogP contribution in [0.5, 0.6) is 0 Å². The molecule has 3 amide bonds. The molecule has 3 aromatic rings. The Morgan fingerprint density at radius 3 is 2.14 bits per heavy atom. The van der Waals surface area contributed by atoms with Gasteiger partial charge in [-0.15, -0.1) is 0 Å². The molecule has 0 bridgehead atoms. The Bertz CT molecular complexity index is 946. The van der Waals surface area contributed by atoms with E-state index in [1.807, 2.05) is 30.3 Å². The number of benzene rings is 2. The first-order valence-corrected chi connectivity index (χ1v) is 9.20. The second-order valence-electron chi connectivity index (χ2n) is 6.87. The van der Waals surface area contributed by atoms with Crippen LogP contribution in [0.25, 0.3) is 0 Å². The molecule has 1 aliphatic carbocycles. The monoisotopic (exact) mass is 375 g/mol. The predicted molar refractivity (Wildman–Crippen MR) is 107 cm³/mol. The van der Waals surface area contributed by atoms with E-state index >= 15 is 0 Å². The summed E-state index contributed by atoms with van der Waals surface area (Å²) in [5.74, 6) is 0.691. The van der Waals surface area contributed by atoms with Crippen LogP contribution in [0.3, 0.4) is 0 Å². The van der Waals surface area contributed by atoms with Crippen molar-refractivity contribution in [3.05, 3.63) is 84.3 Å². The van der Waals surface area contributed by atoms with Crippen molar-refractivity contribution in [1.29, 1.82) is 0 Å². The largest absolute Gasteiger partial charge is 0.467 e. The molecule has 1 aromatic heterocycles. The summed E-state index contributed by atoms with van der Waals surface area (Å²) in [6.45, 7) is 0.314. The molecule has 6 nitrogen and oxygen atoms in total. The Morgan fingerprint density at radius 2 is 1.54 bits per heavy atom. The number of amides is 3. The minimum atomic E-state index is -0.413. The molecule has 142 valence electrons. The maximum atomic E-state index is 12.8. The van der Waals surface area contributed by atoms with E-state index < -0.39 is 5.41 Å². The molecule has 2 aromatic carbocycles. The highest BCUT2D eigenvalue weighted by Gasteiger charge is 2.51. The van der Waals surface area contributed by atoms with Gasteiger partial charge in [-0.1, -0.05) is 30.3 Å². The number of hydrogen-bond acceptors (Lipinski definition) is 3. The van der Waals surface area contributed by atoms with Gasteiger partial charge in [0, 0.05) is 11.4 Å². The molecule has 1 saturated carbocycles. The normalized spacial score (nSPS) is 14.1. The number of hydrogen-bond donors (Lipinski definition) is 3. The third-order valence-corrected chi connectivity index (χ3v) is 4.91. The van der Waals surface area contributed by atoms with Crippen LogP contribution in [0.4, 0.5) is 16.2 Å². The summed E-state index contributed by atoms with van der Waals surface area (Å²) in [6, 6.07) is 20.2. The molecule has 28 heavy (non-hydrogen) atoms. The van der Waals surface area contributed by atoms with E-state index in [1.54, 1.807) is 42.7 Å². The number of urea groups is 1. The molecule has 3 N–H and O–H groups in total. The van der Waals surface area contributed by atoms with Gasteiger partial charge in [-0.05, 0) is 54.8 Å². The van der Waals surface area contributed by atoms with Crippen molar-refractivity contribution in [3.63, 3.8) is 0 Å². The molecule has 1 fully saturated rings. The lowest BCUT2D eigenvalue weighted by Crippen LogP contribution is -2.28. The Kier molecular flexibility index (Phi) is 4.85. The van der Waals surface area contributed by atoms with Gasteiger partial charge in [0.1, 0.15) is 5.76 Å². The minimum Gasteiger partial charge on any atom is -0.467 e. The number of carbonyl (C=O) groups is 2. The minimum absolute atomic E-state index is 0.00981. The molecule has 0 spiro atoms. The van der Waals surface area contributed by atoms with E-state index in [0.29, 0.717) is 23.7 Å². The predicted octanol–water partition coefficient (Wildman–Crippen LogP) is 4.27. The van der Waals surface area contributed by atoms with Crippen LogP contribution in [-0.4, -0.2) is 11.9 Å². The van der Waals surface area contributed by atoms with Crippen molar-refractivity contribution < 1.29 is 14.0 Å². The lowest BCUT2D eigenvalue weighted by molar-refractivity contribution is -0.118. The van der Waals surface area contributed by atoms with E-state index in [0.717, 1.165) is 18.4 Å². The SMILES string of the molecule is O=C(NCc1ccco1)Nc1ccc(NC(=O)C2(c3ccccc3)CC2)cc1. The number of anilines is 2. The van der Waals surface area contributed by atoms with Gasteiger partial charge >= 0.3 is 6.03 Å². The topological polar surface area (TPSA) is 83.4 Å². The van der Waals surface area contributed by atoms with Crippen molar-refractivity contribution >= 4 is 23.3 Å². The maximum Gasteiger partial charge on any atom is 0.319 e. The molecule has 6 heteroatoms. The van der Waals surface area contributed by atoms with E-state index in [4.69, 9.17) is 4.42 Å². The van der Waals surface area contributed by atoms with Crippen molar-refractivity contribution in [2.45, 2.75) is 24.8 Å². The number of nitrogens with one attached hydrogen (secondary N) is 3. The summed E-state index contributed by atoms with van der Waals surface area (Å²) in [7, 11) is 0. The smallest absolute Gasteiger partial charge is 0.319 e. The van der Waals surface area contributed by atoms with Crippen molar-refractivity contribution in [2.75, 3.05) is 10.6 Å². The van der Waals surface area contributed by atoms with Gasteiger partial charge in [-0.3, -0.25) is 4.79 Å². The Balaban J connectivity index is 1.32. The Hall–Kier alpha value is -3.54. The van der Waals surface area contributed by atoms with Crippen LogP contribution in [0, 0.1) is 0 Å². The van der Waals surface area contributed by atoms with Gasteiger partial charge in [-0.2, -0.15) is 0 Å². The third kappa shape index (κ3) is 3.91. The van der Waals surface area contributed by atoms with Gasteiger partial charge in [0.05, 0.1) is 18.2 Å². The number of rotatable bonds is 6. The molecule has 0 saturated heterocycles. The van der Waals surface area contributed by atoms with Crippen LogP contribution >= 0.6 is 0 Å². The van der Waals surface area contributed by atoms with E-state index in [2.05, 4.69) is 16.0 Å². The van der Waals surface area contributed by atoms with E-state index in [9.17, 15) is 9.59 Å². The van der Waals surface area contributed by atoms with Crippen LogP contribution < -0.4 is 16.0 Å². The first-order chi connectivity index (χ1) is 13.7. The second kappa shape index (κ2) is 7.60. The molecule has 0 radical (unpaired) electrons. The van der Waals surface area contributed by atoms with Crippen molar-refractivity contribution in [1.82, 2.24) is 5.32 Å². The second-order valence-corrected chi connectivity index (χ2v) is 6.87. The fourth-order valence-corrected chi connectivity index (χ4v) is 3.17. The molecule has 1 heterocycles. The quantitative estimate of drug-likeness (QED) is 0.602. The summed E-state index contributed by atoms with van der Waals surface area (Å²) in [5, 5.41) is 8.45. The molecule has 4 rings (SSSR count). The summed E-state index contributed by atoms with van der Waals surface area (Å²) < 4.78 is 5.17. The molecule has 0 aliphatic heterocycles. The highest BCUT2D eigenvalue weighted by molar-refractivity contribution is 6.01. The fraction of sp³-hybridized carbons (Fsp3) is 0.182. The molecular weight excluding hydrogens is 354 g/mol. The van der Waals surface area contributed by atoms with Crippen LogP contribution in [0.2, 0.25) is 0 Å². The molecule has 0 unspecified atom stereocenters. The average Bonchev–Trinajstić information content (AvgIpc) is 3.37. The maximum absolute atomic E-state index is 12.8. The number of carbonyl (C=O) groups excluding carboxylic acids is 2. The summed E-state index contributed by atoms with van der Waals surface area (Å²) >= 11 is 0. The van der Waals surface area contributed by atoms with Crippen LogP contribution in [0.15, 0.2) is 77.4 Å². The zero-order valence-electron chi connectivity index (χ0n) is 15.3. The van der Waals surface area contributed by atoms with Crippen LogP contribution in [-0.2, 0) is 16.8 Å². The van der Waals surface area contributed by atoms with Gasteiger partial charge < -0.3 is 20.4 Å². The highest BCUT2D eigenvalue weighted by Crippen LogP contribution is 2.48. The van der Waals surface area contributed by atoms with Crippen molar-refractivity contribution in [3.8, 4) is 0 Å². The Morgan fingerprint density at radius 1 is 0.857 bits per heavy atom. The number of furan rings is 1. The van der Waals surface area contributed by atoms with Gasteiger partial charge in [-0.25, -0.2) is 4.79 Å². The average molecular weight is 375 g/mol. The van der Waals surface area contributed by atoms with E-state index in [-0.39, 0.29) is 11.9 Å². The summed E-state index contributed by atoms with van der Waals surface area (Å²) in [4.78, 5) is 24.7. The Labute approximate surface area is 162 Å². The van der Waals surface area contributed by atoms with Gasteiger partial charge in [0.25, 0.3) is 0 Å². The third-order valence-electron chi connectivity index (χ3n) is 4.91. The van der Waals surface area contributed by atoms with Crippen LogP contribution in [0.1, 0.15) is 24.2 Å². The van der Waals surface area contributed by atoms with Crippen molar-refractivity contribution in [2.24, 2.45) is 0 Å². The zero-order chi connectivity index (χ0) is 19.4. The standard InChI is InChI=1S/C22H21N3O3/c26-20(22(12-13-22)16-5-2-1-3-6-16)24-17-8-10-18(11-9-17)25-21(27)23-15-19-7-4-14-28-19/h1-11,14H,12-13,15H2,(H,24,26)(H2,23,25,27). The molecular formula is C22H21N3O3. The lowest BCUT2D eigenvalue weighted by atomic mass is 9.95. The van der Waals surface area contributed by atoms with Gasteiger partial charge in [0.15, 0.2) is 0 Å². The van der Waals surface area contributed by atoms with Gasteiger partial charge in [0.2, 0.25) is 5.91 Å². The molecule has 0 atom stereocenters. The molecule has 1 aliphatic rings. The van der Waals surface area contributed by atoms with E-state index in [1.165, 1.54) is 0 Å². The summed E-state index contributed by atoms with van der Waals surface area (Å²) in [6.07, 6.45) is 3.28. The zero-order valence-corrected chi connectivity index (χ0v) is 15.3. The lowest BCUT2D eigenvalue weighted by Gasteiger charge is -2.16. The first kappa shape index (κ1) is 17.9.